The average molecular weight is 242 g/mol. The van der Waals surface area contributed by atoms with Crippen molar-refractivity contribution in [1.29, 1.82) is 0 Å². The van der Waals surface area contributed by atoms with E-state index < -0.39 is 0 Å². The number of anilines is 1. The Morgan fingerprint density at radius 3 is 2.78 bits per heavy atom. The Balaban J connectivity index is 2.16. The van der Waals surface area contributed by atoms with Gasteiger partial charge < -0.3 is 5.32 Å². The molecule has 92 valence electrons. The summed E-state index contributed by atoms with van der Waals surface area (Å²) in [6.45, 7) is 3.70. The molecular weight excluding hydrogens is 228 g/mol. The summed E-state index contributed by atoms with van der Waals surface area (Å²) in [5.41, 5.74) is 0.666. The fraction of sp³-hybridized carbons (Fsp3) is 0.154. The zero-order valence-corrected chi connectivity index (χ0v) is 10.3. The van der Waals surface area contributed by atoms with Crippen LogP contribution in [0.1, 0.15) is 12.7 Å². The molecular formula is C13H14N4O. The number of carbonyl (C=O) groups is 1. The number of nitrogens with zero attached hydrogens (tertiary/aromatic N) is 3. The lowest BCUT2D eigenvalue weighted by Gasteiger charge is -2.05. The van der Waals surface area contributed by atoms with E-state index in [9.17, 15) is 4.79 Å². The fourth-order valence-corrected chi connectivity index (χ4v) is 1.56. The average Bonchev–Trinajstić information content (AvgIpc) is 2.77. The molecule has 0 saturated heterocycles. The lowest BCUT2D eigenvalue weighted by Crippen LogP contribution is -2.08. The Bertz CT molecular complexity index is 569. The molecule has 18 heavy (non-hydrogen) atoms. The molecule has 0 saturated carbocycles. The number of imidazole rings is 1. The summed E-state index contributed by atoms with van der Waals surface area (Å²) < 4.78 is 1.87. The first-order chi connectivity index (χ1) is 8.70. The summed E-state index contributed by atoms with van der Waals surface area (Å²) in [5, 5.41) is 2.72. The minimum absolute atomic E-state index is 0.161. The highest BCUT2D eigenvalue weighted by Crippen LogP contribution is 2.11. The first-order valence-electron chi connectivity index (χ1n) is 5.61. The van der Waals surface area contributed by atoms with E-state index in [0.29, 0.717) is 5.69 Å². The number of hydrogen-bond acceptors (Lipinski definition) is 3. The van der Waals surface area contributed by atoms with Crippen molar-refractivity contribution in [3.63, 3.8) is 0 Å². The Morgan fingerprint density at radius 2 is 2.22 bits per heavy atom. The van der Waals surface area contributed by atoms with Crippen LogP contribution in [0.5, 0.6) is 0 Å². The lowest BCUT2D eigenvalue weighted by molar-refractivity contribution is -0.111. The lowest BCUT2D eigenvalue weighted by atomic mass is 10.3. The number of rotatable bonds is 3. The van der Waals surface area contributed by atoms with Crippen LogP contribution >= 0.6 is 0 Å². The van der Waals surface area contributed by atoms with Gasteiger partial charge >= 0.3 is 0 Å². The van der Waals surface area contributed by atoms with Crippen LogP contribution in [-0.4, -0.2) is 20.4 Å². The zero-order valence-electron chi connectivity index (χ0n) is 10.3. The zero-order chi connectivity index (χ0) is 13.0. The summed E-state index contributed by atoms with van der Waals surface area (Å²) in [4.78, 5) is 19.8. The fourth-order valence-electron chi connectivity index (χ4n) is 1.56. The summed E-state index contributed by atoms with van der Waals surface area (Å²) in [6, 6.07) is 3.64. The van der Waals surface area contributed by atoms with Gasteiger partial charge in [-0.3, -0.25) is 9.36 Å². The molecule has 5 nitrogen and oxygen atoms in total. The Morgan fingerprint density at radius 1 is 1.39 bits per heavy atom. The Hall–Kier alpha value is -2.43. The second kappa shape index (κ2) is 5.27. The number of amides is 1. The van der Waals surface area contributed by atoms with E-state index in [2.05, 4.69) is 15.3 Å². The van der Waals surface area contributed by atoms with Crippen LogP contribution < -0.4 is 5.32 Å². The van der Waals surface area contributed by atoms with Crippen molar-refractivity contribution in [2.24, 2.45) is 0 Å². The van der Waals surface area contributed by atoms with Crippen molar-refractivity contribution in [3.8, 4) is 5.82 Å². The van der Waals surface area contributed by atoms with E-state index in [1.54, 1.807) is 25.4 Å². The first kappa shape index (κ1) is 12.0. The van der Waals surface area contributed by atoms with Gasteiger partial charge in [-0.25, -0.2) is 9.97 Å². The molecule has 1 N–H and O–H groups in total. The van der Waals surface area contributed by atoms with E-state index >= 15 is 0 Å². The molecule has 0 radical (unpaired) electrons. The Kier molecular flexibility index (Phi) is 3.52. The second-order valence-electron chi connectivity index (χ2n) is 3.74. The summed E-state index contributed by atoms with van der Waals surface area (Å²) >= 11 is 0. The summed E-state index contributed by atoms with van der Waals surface area (Å²) in [5.74, 6) is 1.48. The molecule has 0 fully saturated rings. The van der Waals surface area contributed by atoms with Gasteiger partial charge in [0.15, 0.2) is 0 Å². The molecule has 0 bridgehead atoms. The number of hydrogen-bond donors (Lipinski definition) is 1. The maximum Gasteiger partial charge on any atom is 0.248 e. The minimum Gasteiger partial charge on any atom is -0.321 e. The molecule has 2 aromatic heterocycles. The van der Waals surface area contributed by atoms with Crippen LogP contribution in [0.15, 0.2) is 42.9 Å². The van der Waals surface area contributed by atoms with Gasteiger partial charge in [0.25, 0.3) is 0 Å². The van der Waals surface area contributed by atoms with Crippen molar-refractivity contribution in [2.75, 3.05) is 5.32 Å². The van der Waals surface area contributed by atoms with Crippen LogP contribution in [-0.2, 0) is 4.79 Å². The van der Waals surface area contributed by atoms with Gasteiger partial charge in [-0.1, -0.05) is 6.08 Å². The number of aromatic nitrogens is 3. The smallest absolute Gasteiger partial charge is 0.248 e. The molecule has 0 aliphatic carbocycles. The van der Waals surface area contributed by atoms with Crippen molar-refractivity contribution < 1.29 is 4.79 Å². The van der Waals surface area contributed by atoms with Gasteiger partial charge in [0.1, 0.15) is 11.6 Å². The van der Waals surface area contributed by atoms with Crippen molar-refractivity contribution in [3.05, 3.63) is 48.7 Å². The normalized spacial score (nSPS) is 10.8. The van der Waals surface area contributed by atoms with E-state index in [-0.39, 0.29) is 5.91 Å². The molecule has 0 spiro atoms. The van der Waals surface area contributed by atoms with E-state index in [1.807, 2.05) is 29.8 Å². The molecule has 2 rings (SSSR count). The van der Waals surface area contributed by atoms with Gasteiger partial charge in [0, 0.05) is 12.4 Å². The molecule has 2 heterocycles. The van der Waals surface area contributed by atoms with E-state index in [0.717, 1.165) is 11.6 Å². The highest BCUT2D eigenvalue weighted by atomic mass is 16.1. The van der Waals surface area contributed by atoms with Crippen molar-refractivity contribution >= 4 is 11.6 Å². The minimum atomic E-state index is -0.161. The predicted octanol–water partition coefficient (Wildman–Crippen LogP) is 2.09. The van der Waals surface area contributed by atoms with Crippen molar-refractivity contribution in [1.82, 2.24) is 14.5 Å². The largest absolute Gasteiger partial charge is 0.321 e. The van der Waals surface area contributed by atoms with Gasteiger partial charge in [0.05, 0.1) is 11.9 Å². The van der Waals surface area contributed by atoms with Gasteiger partial charge in [0.2, 0.25) is 5.91 Å². The topological polar surface area (TPSA) is 59.8 Å². The molecule has 0 atom stereocenters. The van der Waals surface area contributed by atoms with Crippen LogP contribution in [0, 0.1) is 6.92 Å². The SMILES string of the molecule is CC=CC(=O)Nc1ccc(-n2ccnc2C)nc1. The monoisotopic (exact) mass is 242 g/mol. The molecule has 1 amide bonds. The van der Waals surface area contributed by atoms with Crippen LogP contribution in [0.25, 0.3) is 5.82 Å². The third-order valence-corrected chi connectivity index (χ3v) is 2.41. The number of nitrogens with one attached hydrogen (secondary N) is 1. The number of pyridine rings is 1. The van der Waals surface area contributed by atoms with Crippen LogP contribution in [0.2, 0.25) is 0 Å². The molecule has 0 aliphatic heterocycles. The quantitative estimate of drug-likeness (QED) is 0.838. The van der Waals surface area contributed by atoms with Gasteiger partial charge in [-0.05, 0) is 32.1 Å². The molecule has 0 unspecified atom stereocenters. The first-order valence-corrected chi connectivity index (χ1v) is 5.61. The standard InChI is InChI=1S/C13H14N4O/c1-3-4-13(18)16-11-5-6-12(15-9-11)17-8-7-14-10(17)2/h3-9H,1-2H3,(H,16,18). The third-order valence-electron chi connectivity index (χ3n) is 2.41. The molecule has 2 aromatic rings. The number of aryl methyl sites for hydroxylation is 1. The summed E-state index contributed by atoms with van der Waals surface area (Å²) in [7, 11) is 0. The second-order valence-corrected chi connectivity index (χ2v) is 3.74. The van der Waals surface area contributed by atoms with Crippen LogP contribution in [0.3, 0.4) is 0 Å². The highest BCUT2D eigenvalue weighted by molar-refractivity contribution is 5.99. The maximum absolute atomic E-state index is 11.3. The molecule has 5 heteroatoms. The predicted molar refractivity (Wildman–Crippen MR) is 69.5 cm³/mol. The summed E-state index contributed by atoms with van der Waals surface area (Å²) in [6.07, 6.45) is 8.34. The number of allylic oxidation sites excluding steroid dienone is 1. The van der Waals surface area contributed by atoms with E-state index in [1.165, 1.54) is 6.08 Å². The Labute approximate surface area is 105 Å². The highest BCUT2D eigenvalue weighted by Gasteiger charge is 2.02. The maximum atomic E-state index is 11.3. The van der Waals surface area contributed by atoms with Crippen LogP contribution in [0.4, 0.5) is 5.69 Å². The van der Waals surface area contributed by atoms with Gasteiger partial charge in [-0.15, -0.1) is 0 Å². The van der Waals surface area contributed by atoms with Gasteiger partial charge in [-0.2, -0.15) is 0 Å². The number of carbonyl (C=O) groups excluding carboxylic acids is 1. The van der Waals surface area contributed by atoms with E-state index in [4.69, 9.17) is 0 Å². The molecule has 0 aromatic carbocycles. The third kappa shape index (κ3) is 2.63. The van der Waals surface area contributed by atoms with Crippen molar-refractivity contribution in [2.45, 2.75) is 13.8 Å². The molecule has 0 aliphatic rings.